The Balaban J connectivity index is 1.21. The first-order valence-corrected chi connectivity index (χ1v) is 11.1. The number of carbonyl (C=O) groups is 1. The SMILES string of the molecule is Cc1cccc(-c2nccc(Nc3ccnc(Nc4ccc(CN5CC(C(=O)O)C5)nc4)n3)n2)n1. The number of pyridine rings is 2. The second-order valence-electron chi connectivity index (χ2n) is 8.21. The lowest BCUT2D eigenvalue weighted by Crippen LogP contribution is -2.49. The van der Waals surface area contributed by atoms with Gasteiger partial charge in [0.05, 0.1) is 23.5 Å². The average molecular weight is 470 g/mol. The highest BCUT2D eigenvalue weighted by Crippen LogP contribution is 2.21. The predicted molar refractivity (Wildman–Crippen MR) is 129 cm³/mol. The monoisotopic (exact) mass is 469 g/mol. The summed E-state index contributed by atoms with van der Waals surface area (Å²) in [6.07, 6.45) is 5.02. The van der Waals surface area contributed by atoms with Gasteiger partial charge in [0.1, 0.15) is 17.3 Å². The molecule has 0 atom stereocenters. The van der Waals surface area contributed by atoms with Crippen LogP contribution in [0, 0.1) is 12.8 Å². The molecule has 1 fully saturated rings. The molecule has 0 saturated carbocycles. The second-order valence-corrected chi connectivity index (χ2v) is 8.21. The van der Waals surface area contributed by atoms with Crippen LogP contribution in [0.15, 0.2) is 61.1 Å². The standard InChI is InChI=1S/C24H23N9O2/c1-15-3-2-4-19(28-15)22-25-9-7-20(31-22)30-21-8-10-26-24(32-21)29-17-5-6-18(27-11-17)14-33-12-16(13-33)23(34)35/h2-11,16H,12-14H2,1H3,(H,34,35)(H2,25,26,29,30,31,32). The Hall–Kier alpha value is -4.51. The molecule has 35 heavy (non-hydrogen) atoms. The Morgan fingerprint density at radius 2 is 1.77 bits per heavy atom. The van der Waals surface area contributed by atoms with Crippen LogP contribution in [0.5, 0.6) is 0 Å². The molecule has 1 aliphatic heterocycles. The molecule has 0 aliphatic carbocycles. The van der Waals surface area contributed by atoms with Gasteiger partial charge < -0.3 is 15.7 Å². The fraction of sp³-hybridized carbons (Fsp3) is 0.208. The smallest absolute Gasteiger partial charge is 0.309 e. The van der Waals surface area contributed by atoms with Crippen molar-refractivity contribution >= 4 is 29.2 Å². The third-order valence-electron chi connectivity index (χ3n) is 5.46. The van der Waals surface area contributed by atoms with E-state index in [4.69, 9.17) is 5.11 Å². The lowest BCUT2D eigenvalue weighted by Gasteiger charge is -2.36. The normalized spacial score (nSPS) is 13.7. The van der Waals surface area contributed by atoms with E-state index >= 15 is 0 Å². The molecule has 3 N–H and O–H groups in total. The number of rotatable bonds is 8. The second kappa shape index (κ2) is 9.77. The molecule has 11 heteroatoms. The van der Waals surface area contributed by atoms with Gasteiger partial charge in [-0.25, -0.2) is 19.9 Å². The molecule has 0 amide bonds. The highest BCUT2D eigenvalue weighted by atomic mass is 16.4. The van der Waals surface area contributed by atoms with E-state index in [-0.39, 0.29) is 5.92 Å². The molecule has 5 heterocycles. The van der Waals surface area contributed by atoms with Crippen molar-refractivity contribution in [3.8, 4) is 11.5 Å². The summed E-state index contributed by atoms with van der Waals surface area (Å²) in [6, 6.07) is 13.0. The number of likely N-dealkylation sites (tertiary alicyclic amines) is 1. The number of aromatic nitrogens is 6. The first-order valence-electron chi connectivity index (χ1n) is 11.1. The first kappa shape index (κ1) is 22.3. The maximum absolute atomic E-state index is 10.9. The van der Waals surface area contributed by atoms with Crippen LogP contribution in [0.1, 0.15) is 11.4 Å². The van der Waals surface area contributed by atoms with Crippen molar-refractivity contribution in [2.45, 2.75) is 13.5 Å². The lowest BCUT2D eigenvalue weighted by atomic mass is 10.0. The third kappa shape index (κ3) is 5.53. The molecule has 5 rings (SSSR count). The fourth-order valence-corrected chi connectivity index (χ4v) is 3.64. The van der Waals surface area contributed by atoms with Gasteiger partial charge in [-0.05, 0) is 43.3 Å². The van der Waals surface area contributed by atoms with E-state index in [9.17, 15) is 4.79 Å². The maximum Gasteiger partial charge on any atom is 0.309 e. The molecule has 0 radical (unpaired) electrons. The zero-order chi connectivity index (χ0) is 24.2. The summed E-state index contributed by atoms with van der Waals surface area (Å²) in [5.74, 6) is 1.07. The van der Waals surface area contributed by atoms with Gasteiger partial charge in [0.2, 0.25) is 5.95 Å². The van der Waals surface area contributed by atoms with Gasteiger partial charge in [-0.1, -0.05) is 6.07 Å². The van der Waals surface area contributed by atoms with Crippen LogP contribution in [0.3, 0.4) is 0 Å². The number of anilines is 4. The van der Waals surface area contributed by atoms with E-state index in [2.05, 4.69) is 45.4 Å². The van der Waals surface area contributed by atoms with Crippen molar-refractivity contribution in [2.24, 2.45) is 5.92 Å². The molecule has 0 unspecified atom stereocenters. The van der Waals surface area contributed by atoms with Crippen LogP contribution in [0.2, 0.25) is 0 Å². The van der Waals surface area contributed by atoms with Crippen molar-refractivity contribution in [1.29, 1.82) is 0 Å². The predicted octanol–water partition coefficient (Wildman–Crippen LogP) is 3.04. The summed E-state index contributed by atoms with van der Waals surface area (Å²) in [5.41, 5.74) is 3.21. The molecule has 11 nitrogen and oxygen atoms in total. The quantitative estimate of drug-likeness (QED) is 0.350. The Morgan fingerprint density at radius 3 is 2.51 bits per heavy atom. The highest BCUT2D eigenvalue weighted by Gasteiger charge is 2.32. The topological polar surface area (TPSA) is 142 Å². The molecule has 0 bridgehead atoms. The molecule has 1 saturated heterocycles. The summed E-state index contributed by atoms with van der Waals surface area (Å²) in [4.78, 5) is 39.5. The Labute approximate surface area is 201 Å². The summed E-state index contributed by atoms with van der Waals surface area (Å²) < 4.78 is 0. The van der Waals surface area contributed by atoms with Crippen LogP contribution in [0.25, 0.3) is 11.5 Å². The van der Waals surface area contributed by atoms with Crippen molar-refractivity contribution in [3.05, 3.63) is 72.4 Å². The van der Waals surface area contributed by atoms with Crippen LogP contribution in [-0.4, -0.2) is 59.0 Å². The van der Waals surface area contributed by atoms with E-state index in [1.54, 1.807) is 30.7 Å². The van der Waals surface area contributed by atoms with Gasteiger partial charge >= 0.3 is 5.97 Å². The minimum Gasteiger partial charge on any atom is -0.481 e. The maximum atomic E-state index is 10.9. The number of aliphatic carboxylic acids is 1. The van der Waals surface area contributed by atoms with Gasteiger partial charge in [0.25, 0.3) is 0 Å². The number of carboxylic acid groups (broad SMARTS) is 1. The van der Waals surface area contributed by atoms with Crippen molar-refractivity contribution < 1.29 is 9.90 Å². The van der Waals surface area contributed by atoms with Crippen LogP contribution < -0.4 is 10.6 Å². The van der Waals surface area contributed by atoms with E-state index in [1.807, 2.05) is 37.3 Å². The summed E-state index contributed by atoms with van der Waals surface area (Å²) in [7, 11) is 0. The van der Waals surface area contributed by atoms with Crippen molar-refractivity contribution in [3.63, 3.8) is 0 Å². The third-order valence-corrected chi connectivity index (χ3v) is 5.46. The molecular formula is C24H23N9O2. The Morgan fingerprint density at radius 1 is 0.971 bits per heavy atom. The average Bonchev–Trinajstić information content (AvgIpc) is 2.82. The molecule has 4 aromatic heterocycles. The first-order chi connectivity index (χ1) is 17.0. The molecule has 0 spiro atoms. The minimum absolute atomic E-state index is 0.276. The Bertz CT molecular complexity index is 1340. The molecule has 4 aromatic rings. The highest BCUT2D eigenvalue weighted by molar-refractivity contribution is 5.71. The van der Waals surface area contributed by atoms with Gasteiger partial charge in [0.15, 0.2) is 5.82 Å². The summed E-state index contributed by atoms with van der Waals surface area (Å²) in [5, 5.41) is 15.3. The molecule has 0 aromatic carbocycles. The number of hydrogen-bond acceptors (Lipinski definition) is 10. The number of aryl methyl sites for hydroxylation is 1. The number of nitrogens with zero attached hydrogens (tertiary/aromatic N) is 7. The van der Waals surface area contributed by atoms with Crippen LogP contribution in [-0.2, 0) is 11.3 Å². The lowest BCUT2D eigenvalue weighted by molar-refractivity contribution is -0.147. The number of nitrogens with one attached hydrogen (secondary N) is 2. The van der Waals surface area contributed by atoms with Gasteiger partial charge in [0, 0.05) is 37.7 Å². The van der Waals surface area contributed by atoms with Crippen LogP contribution >= 0.6 is 0 Å². The summed E-state index contributed by atoms with van der Waals surface area (Å²) in [6.45, 7) is 3.66. The van der Waals surface area contributed by atoms with Gasteiger partial charge in [-0.2, -0.15) is 4.98 Å². The number of carboxylic acids is 1. The van der Waals surface area contributed by atoms with Crippen molar-refractivity contribution in [1.82, 2.24) is 34.8 Å². The zero-order valence-electron chi connectivity index (χ0n) is 19.0. The Kier molecular flexibility index (Phi) is 6.22. The minimum atomic E-state index is -0.742. The van der Waals surface area contributed by atoms with Gasteiger partial charge in [-0.3, -0.25) is 14.7 Å². The molecular weight excluding hydrogens is 446 g/mol. The largest absolute Gasteiger partial charge is 0.481 e. The van der Waals surface area contributed by atoms with E-state index in [1.165, 1.54) is 0 Å². The molecule has 176 valence electrons. The zero-order valence-corrected chi connectivity index (χ0v) is 19.0. The fourth-order valence-electron chi connectivity index (χ4n) is 3.64. The van der Waals surface area contributed by atoms with Crippen molar-refractivity contribution in [2.75, 3.05) is 23.7 Å². The number of hydrogen-bond donors (Lipinski definition) is 3. The molecule has 1 aliphatic rings. The van der Waals surface area contributed by atoms with E-state index in [0.717, 1.165) is 17.1 Å². The van der Waals surface area contributed by atoms with E-state index < -0.39 is 5.97 Å². The van der Waals surface area contributed by atoms with Gasteiger partial charge in [-0.15, -0.1) is 0 Å². The van der Waals surface area contributed by atoms with Crippen LogP contribution in [0.4, 0.5) is 23.3 Å². The van der Waals surface area contributed by atoms with E-state index in [0.29, 0.717) is 48.7 Å². The summed E-state index contributed by atoms with van der Waals surface area (Å²) >= 11 is 0.